The fourth-order valence-corrected chi connectivity index (χ4v) is 4.58. The number of hydrogen-bond acceptors (Lipinski definition) is 6. The lowest BCUT2D eigenvalue weighted by atomic mass is 9.96. The number of hydrogen-bond donors (Lipinski definition) is 1. The third-order valence-electron chi connectivity index (χ3n) is 6.46. The summed E-state index contributed by atoms with van der Waals surface area (Å²) in [5.41, 5.74) is 1.09. The highest BCUT2D eigenvalue weighted by Gasteiger charge is 2.31. The van der Waals surface area contributed by atoms with Crippen LogP contribution in [-0.2, 0) is 0 Å². The Labute approximate surface area is 201 Å². The maximum absolute atomic E-state index is 14.3. The molecule has 2 fully saturated rings. The first-order chi connectivity index (χ1) is 16.4. The quantitative estimate of drug-likeness (QED) is 0.571. The standard InChI is InChI=1S/C25H23ClFN5O2/c1-14-13-32(25-30-10-18(11-31-25)15-2-3-15)7-6-21(14)34-23-19(26)12-29-24(33)22(23)16-4-5-17(9-28)20(27)8-16/h4-5,8,10-12,14-15,21H,2-3,6-7,13H2,1H3,(H,29,33). The van der Waals surface area contributed by atoms with Gasteiger partial charge in [-0.2, -0.15) is 5.26 Å². The molecule has 1 aliphatic heterocycles. The van der Waals surface area contributed by atoms with Crippen molar-refractivity contribution in [2.75, 3.05) is 18.0 Å². The van der Waals surface area contributed by atoms with Crippen molar-refractivity contribution >= 4 is 17.5 Å². The minimum Gasteiger partial charge on any atom is -0.488 e. The first kappa shape index (κ1) is 22.4. The van der Waals surface area contributed by atoms with Crippen LogP contribution in [0.1, 0.15) is 43.2 Å². The van der Waals surface area contributed by atoms with Gasteiger partial charge in [-0.1, -0.05) is 24.6 Å². The van der Waals surface area contributed by atoms with Crippen LogP contribution in [0.3, 0.4) is 0 Å². The summed E-state index contributed by atoms with van der Waals surface area (Å²) in [6.07, 6.45) is 8.12. The smallest absolute Gasteiger partial charge is 0.259 e. The molecule has 3 heterocycles. The summed E-state index contributed by atoms with van der Waals surface area (Å²) in [6.45, 7) is 3.45. The van der Waals surface area contributed by atoms with E-state index in [1.165, 1.54) is 36.7 Å². The van der Waals surface area contributed by atoms with E-state index in [1.807, 2.05) is 12.4 Å². The second-order valence-corrected chi connectivity index (χ2v) is 9.34. The molecule has 2 unspecified atom stereocenters. The maximum atomic E-state index is 14.3. The second-order valence-electron chi connectivity index (χ2n) is 8.94. The highest BCUT2D eigenvalue weighted by Crippen LogP contribution is 2.40. The predicted octanol–water partition coefficient (Wildman–Crippen LogP) is 4.67. The average molecular weight is 480 g/mol. The molecular weight excluding hydrogens is 457 g/mol. The average Bonchev–Trinajstić information content (AvgIpc) is 3.68. The molecule has 7 nitrogen and oxygen atoms in total. The number of H-pyrrole nitrogens is 1. The summed E-state index contributed by atoms with van der Waals surface area (Å²) in [4.78, 5) is 26.5. The fraction of sp³-hybridized carbons (Fsp3) is 0.360. The van der Waals surface area contributed by atoms with Crippen LogP contribution < -0.4 is 15.2 Å². The van der Waals surface area contributed by atoms with Gasteiger partial charge < -0.3 is 14.6 Å². The zero-order chi connectivity index (χ0) is 23.8. The predicted molar refractivity (Wildman–Crippen MR) is 127 cm³/mol. The number of aromatic amines is 1. The third-order valence-corrected chi connectivity index (χ3v) is 6.75. The summed E-state index contributed by atoms with van der Waals surface area (Å²) in [5.74, 6) is 0.924. The van der Waals surface area contributed by atoms with Gasteiger partial charge in [-0.05, 0) is 42.0 Å². The Kier molecular flexibility index (Phi) is 5.96. The monoisotopic (exact) mass is 479 g/mol. The molecule has 1 N–H and O–H groups in total. The Morgan fingerprint density at radius 3 is 2.68 bits per heavy atom. The van der Waals surface area contributed by atoms with Gasteiger partial charge in [0.2, 0.25) is 5.95 Å². The molecule has 0 spiro atoms. The van der Waals surface area contributed by atoms with Gasteiger partial charge in [-0.15, -0.1) is 0 Å². The summed E-state index contributed by atoms with van der Waals surface area (Å²) >= 11 is 6.41. The van der Waals surface area contributed by atoms with E-state index < -0.39 is 11.4 Å². The first-order valence-electron chi connectivity index (χ1n) is 11.3. The molecule has 2 aliphatic rings. The lowest BCUT2D eigenvalue weighted by molar-refractivity contribution is 0.121. The third kappa shape index (κ3) is 4.36. The van der Waals surface area contributed by atoms with Gasteiger partial charge in [-0.3, -0.25) is 4.79 Å². The maximum Gasteiger partial charge on any atom is 0.259 e. The molecule has 1 saturated heterocycles. The molecule has 2 aromatic heterocycles. The van der Waals surface area contributed by atoms with E-state index in [2.05, 4.69) is 26.8 Å². The Balaban J connectivity index is 1.36. The van der Waals surface area contributed by atoms with Crippen LogP contribution in [0.15, 0.2) is 41.6 Å². The zero-order valence-electron chi connectivity index (χ0n) is 18.6. The van der Waals surface area contributed by atoms with E-state index >= 15 is 0 Å². The number of anilines is 1. The molecule has 1 aliphatic carbocycles. The number of nitriles is 1. The van der Waals surface area contributed by atoms with Crippen molar-refractivity contribution in [2.24, 2.45) is 5.92 Å². The molecule has 3 aromatic rings. The van der Waals surface area contributed by atoms with Gasteiger partial charge in [0.05, 0.1) is 16.1 Å². The number of rotatable bonds is 5. The largest absolute Gasteiger partial charge is 0.488 e. The number of pyridine rings is 1. The molecule has 0 radical (unpaired) electrons. The summed E-state index contributed by atoms with van der Waals surface area (Å²) in [5, 5.41) is 9.24. The summed E-state index contributed by atoms with van der Waals surface area (Å²) < 4.78 is 20.6. The Hall–Kier alpha value is -3.44. The minimum absolute atomic E-state index is 0.0985. The molecule has 5 rings (SSSR count). The van der Waals surface area contributed by atoms with Gasteiger partial charge in [0, 0.05) is 44.0 Å². The van der Waals surface area contributed by atoms with Crippen molar-refractivity contribution < 1.29 is 9.13 Å². The molecule has 0 bridgehead atoms. The molecule has 1 aromatic carbocycles. The minimum atomic E-state index is -0.709. The van der Waals surface area contributed by atoms with Gasteiger partial charge >= 0.3 is 0 Å². The molecular formula is C25H23ClFN5O2. The van der Waals surface area contributed by atoms with Crippen LogP contribution in [0.25, 0.3) is 11.1 Å². The molecule has 174 valence electrons. The van der Waals surface area contributed by atoms with E-state index in [4.69, 9.17) is 21.6 Å². The summed E-state index contributed by atoms with van der Waals surface area (Å²) in [6, 6.07) is 5.79. The topological polar surface area (TPSA) is 94.9 Å². The number of nitrogens with zero attached hydrogens (tertiary/aromatic N) is 4. The van der Waals surface area contributed by atoms with Crippen molar-refractivity contribution in [1.82, 2.24) is 15.0 Å². The Bertz CT molecular complexity index is 1320. The summed E-state index contributed by atoms with van der Waals surface area (Å²) in [7, 11) is 0. The van der Waals surface area contributed by atoms with Crippen molar-refractivity contribution in [3.63, 3.8) is 0 Å². The lowest BCUT2D eigenvalue weighted by Gasteiger charge is -2.37. The van der Waals surface area contributed by atoms with Crippen LogP contribution in [0, 0.1) is 23.1 Å². The molecule has 9 heteroatoms. The highest BCUT2D eigenvalue weighted by atomic mass is 35.5. The van der Waals surface area contributed by atoms with Crippen molar-refractivity contribution in [3.8, 4) is 22.9 Å². The molecule has 0 amide bonds. The lowest BCUT2D eigenvalue weighted by Crippen LogP contribution is -2.45. The number of nitrogens with one attached hydrogen (secondary N) is 1. The van der Waals surface area contributed by atoms with Crippen LogP contribution in [0.2, 0.25) is 5.02 Å². The van der Waals surface area contributed by atoms with Crippen LogP contribution >= 0.6 is 11.6 Å². The van der Waals surface area contributed by atoms with Crippen molar-refractivity contribution in [2.45, 2.75) is 38.2 Å². The number of ether oxygens (including phenoxy) is 1. The number of benzene rings is 1. The molecule has 1 saturated carbocycles. The second kappa shape index (κ2) is 9.07. The number of piperidine rings is 1. The SMILES string of the molecule is CC1CN(c2ncc(C3CC3)cn2)CCC1Oc1c(Cl)c[nH]c(=O)c1-c1ccc(C#N)c(F)c1. The number of aromatic nitrogens is 3. The van der Waals surface area contributed by atoms with Gasteiger partial charge in [0.1, 0.15) is 18.0 Å². The van der Waals surface area contributed by atoms with Crippen LogP contribution in [-0.4, -0.2) is 34.1 Å². The van der Waals surface area contributed by atoms with E-state index in [1.54, 1.807) is 6.07 Å². The molecule has 34 heavy (non-hydrogen) atoms. The molecule has 2 atom stereocenters. The Morgan fingerprint density at radius 1 is 1.26 bits per heavy atom. The van der Waals surface area contributed by atoms with Crippen LogP contribution in [0.5, 0.6) is 5.75 Å². The highest BCUT2D eigenvalue weighted by molar-refractivity contribution is 6.32. The van der Waals surface area contributed by atoms with Crippen molar-refractivity contribution in [1.29, 1.82) is 5.26 Å². The van der Waals surface area contributed by atoms with Gasteiger partial charge in [0.25, 0.3) is 5.56 Å². The van der Waals surface area contributed by atoms with Crippen molar-refractivity contribution in [3.05, 3.63) is 69.1 Å². The first-order valence-corrected chi connectivity index (χ1v) is 11.7. The van der Waals surface area contributed by atoms with Gasteiger partial charge in [-0.25, -0.2) is 14.4 Å². The fourth-order valence-electron chi connectivity index (χ4n) is 4.38. The normalized spacial score (nSPS) is 20.1. The Morgan fingerprint density at radius 2 is 2.03 bits per heavy atom. The zero-order valence-corrected chi connectivity index (χ0v) is 19.3. The van der Waals surface area contributed by atoms with Crippen LogP contribution in [0.4, 0.5) is 10.3 Å². The van der Waals surface area contributed by atoms with E-state index in [0.29, 0.717) is 36.9 Å². The van der Waals surface area contributed by atoms with E-state index in [9.17, 15) is 9.18 Å². The number of halogens is 2. The van der Waals surface area contributed by atoms with Gasteiger partial charge in [0.15, 0.2) is 5.75 Å². The van der Waals surface area contributed by atoms with E-state index in [0.717, 1.165) is 6.07 Å². The van der Waals surface area contributed by atoms with E-state index in [-0.39, 0.29) is 33.9 Å².